The zero-order chi connectivity index (χ0) is 22.8. The number of hydrogen-bond donors (Lipinski definition) is 1. The van der Waals surface area contributed by atoms with Crippen LogP contribution in [-0.2, 0) is 14.6 Å². The van der Waals surface area contributed by atoms with E-state index in [2.05, 4.69) is 10.3 Å². The zero-order valence-electron chi connectivity index (χ0n) is 17.1. The molecule has 1 saturated heterocycles. The summed E-state index contributed by atoms with van der Waals surface area (Å²) in [5.74, 6) is -0.895. The number of anilines is 1. The minimum Gasteiger partial charge on any atom is -0.338 e. The number of carbonyl (C=O) groups excluding carboxylic acids is 2. The average Bonchev–Trinajstić information content (AvgIpc) is 2.74. The van der Waals surface area contributed by atoms with Crippen LogP contribution in [0.2, 0.25) is 0 Å². The van der Waals surface area contributed by atoms with E-state index >= 15 is 0 Å². The lowest BCUT2D eigenvalue weighted by molar-refractivity contribution is -0.385. The van der Waals surface area contributed by atoms with Crippen molar-refractivity contribution in [2.45, 2.75) is 24.7 Å². The second-order valence-corrected chi connectivity index (χ2v) is 9.56. The quantitative estimate of drug-likeness (QED) is 0.548. The molecule has 1 unspecified atom stereocenters. The number of nitro benzene ring substituents is 1. The van der Waals surface area contributed by atoms with Gasteiger partial charge in [0.2, 0.25) is 5.91 Å². The fraction of sp³-hybridized carbons (Fsp3) is 0.350. The minimum atomic E-state index is -3.75. The normalized spacial score (nSPS) is 16.6. The Hall–Kier alpha value is -3.34. The van der Waals surface area contributed by atoms with Crippen LogP contribution in [-0.4, -0.2) is 54.4 Å². The van der Waals surface area contributed by atoms with Crippen LogP contribution in [0.4, 0.5) is 11.5 Å². The van der Waals surface area contributed by atoms with Gasteiger partial charge < -0.3 is 10.2 Å². The van der Waals surface area contributed by atoms with E-state index in [0.717, 1.165) is 30.0 Å². The Kier molecular flexibility index (Phi) is 6.34. The average molecular weight is 446 g/mol. The van der Waals surface area contributed by atoms with Crippen LogP contribution >= 0.6 is 0 Å². The molecule has 31 heavy (non-hydrogen) atoms. The lowest BCUT2D eigenvalue weighted by Crippen LogP contribution is -2.43. The largest absolute Gasteiger partial charge is 0.338 e. The highest BCUT2D eigenvalue weighted by molar-refractivity contribution is 7.90. The molecule has 0 bridgehead atoms. The topological polar surface area (TPSA) is 140 Å². The number of nitrogens with one attached hydrogen (secondary N) is 1. The van der Waals surface area contributed by atoms with Crippen LogP contribution < -0.4 is 5.32 Å². The molecule has 0 radical (unpaired) electrons. The molecule has 11 heteroatoms. The molecule has 1 aliphatic heterocycles. The Morgan fingerprint density at radius 2 is 2.00 bits per heavy atom. The number of nitrogens with zero attached hydrogens (tertiary/aromatic N) is 3. The lowest BCUT2D eigenvalue weighted by atomic mass is 9.96. The molecule has 1 N–H and O–H groups in total. The molecule has 1 aromatic carbocycles. The molecule has 164 valence electrons. The Morgan fingerprint density at radius 1 is 1.26 bits per heavy atom. The number of aryl methyl sites for hydroxylation is 1. The van der Waals surface area contributed by atoms with Gasteiger partial charge in [-0.3, -0.25) is 19.7 Å². The fourth-order valence-corrected chi connectivity index (χ4v) is 4.03. The maximum atomic E-state index is 13.0. The van der Waals surface area contributed by atoms with Crippen molar-refractivity contribution in [3.63, 3.8) is 0 Å². The van der Waals surface area contributed by atoms with E-state index in [-0.39, 0.29) is 22.9 Å². The molecule has 2 amide bonds. The van der Waals surface area contributed by atoms with Crippen LogP contribution in [0.5, 0.6) is 0 Å². The number of aromatic nitrogens is 1. The SMILES string of the molecule is Cc1ccc(NC(=O)C2CCCN(C(=O)c3cc([N+](=O)[O-])cc(S(C)(=O)=O)c3)C2)nc1. The van der Waals surface area contributed by atoms with Gasteiger partial charge in [0.15, 0.2) is 9.84 Å². The molecule has 2 aromatic rings. The van der Waals surface area contributed by atoms with E-state index in [9.17, 15) is 28.1 Å². The summed E-state index contributed by atoms with van der Waals surface area (Å²) in [5.41, 5.74) is 0.372. The monoisotopic (exact) mass is 446 g/mol. The lowest BCUT2D eigenvalue weighted by Gasteiger charge is -2.32. The van der Waals surface area contributed by atoms with E-state index in [4.69, 9.17) is 0 Å². The fourth-order valence-electron chi connectivity index (χ4n) is 3.35. The van der Waals surface area contributed by atoms with Gasteiger partial charge in [-0.15, -0.1) is 0 Å². The van der Waals surface area contributed by atoms with Crippen molar-refractivity contribution in [2.24, 2.45) is 5.92 Å². The molecule has 10 nitrogen and oxygen atoms in total. The van der Waals surface area contributed by atoms with E-state index in [1.54, 1.807) is 12.3 Å². The van der Waals surface area contributed by atoms with Crippen LogP contribution in [0.3, 0.4) is 0 Å². The van der Waals surface area contributed by atoms with Gasteiger partial charge in [0.25, 0.3) is 11.6 Å². The third-order valence-electron chi connectivity index (χ3n) is 5.02. The number of nitro groups is 1. The van der Waals surface area contributed by atoms with E-state index in [1.165, 1.54) is 4.90 Å². The highest BCUT2D eigenvalue weighted by atomic mass is 32.2. The number of carbonyl (C=O) groups is 2. The van der Waals surface area contributed by atoms with E-state index in [0.29, 0.717) is 25.2 Å². The summed E-state index contributed by atoms with van der Waals surface area (Å²) in [6.07, 6.45) is 3.69. The van der Waals surface area contributed by atoms with Gasteiger partial charge in [-0.05, 0) is 37.5 Å². The van der Waals surface area contributed by atoms with Gasteiger partial charge in [0.1, 0.15) is 5.82 Å². The van der Waals surface area contributed by atoms with Crippen molar-refractivity contribution in [1.82, 2.24) is 9.88 Å². The molecule has 1 atom stereocenters. The number of pyridine rings is 1. The van der Waals surface area contributed by atoms with Crippen molar-refractivity contribution in [3.05, 3.63) is 57.8 Å². The van der Waals surface area contributed by atoms with Crippen LogP contribution in [0.1, 0.15) is 28.8 Å². The highest BCUT2D eigenvalue weighted by Gasteiger charge is 2.30. The van der Waals surface area contributed by atoms with Gasteiger partial charge in [-0.2, -0.15) is 0 Å². The third kappa shape index (κ3) is 5.43. The first-order valence-electron chi connectivity index (χ1n) is 9.57. The number of amides is 2. The molecular formula is C20H22N4O6S. The van der Waals surface area contributed by atoms with E-state index in [1.807, 2.05) is 13.0 Å². The van der Waals surface area contributed by atoms with Gasteiger partial charge >= 0.3 is 0 Å². The Bertz CT molecular complexity index is 1130. The Labute approximate surface area is 179 Å². The van der Waals surface area contributed by atoms with E-state index < -0.39 is 32.3 Å². The van der Waals surface area contributed by atoms with Crippen molar-refractivity contribution < 1.29 is 22.9 Å². The van der Waals surface area contributed by atoms with Gasteiger partial charge in [0, 0.05) is 43.2 Å². The summed E-state index contributed by atoms with van der Waals surface area (Å²) in [7, 11) is -3.75. The summed E-state index contributed by atoms with van der Waals surface area (Å²) in [6.45, 7) is 2.36. The Morgan fingerprint density at radius 3 is 2.61 bits per heavy atom. The second kappa shape index (κ2) is 8.80. The number of hydrogen-bond acceptors (Lipinski definition) is 7. The number of benzene rings is 1. The molecular weight excluding hydrogens is 424 g/mol. The maximum absolute atomic E-state index is 13.0. The van der Waals surface area contributed by atoms with Gasteiger partial charge in [-0.25, -0.2) is 13.4 Å². The second-order valence-electron chi connectivity index (χ2n) is 7.55. The first-order chi connectivity index (χ1) is 14.5. The molecule has 0 spiro atoms. The van der Waals surface area contributed by atoms with Crippen LogP contribution in [0.25, 0.3) is 0 Å². The minimum absolute atomic E-state index is 0.101. The zero-order valence-corrected chi connectivity index (χ0v) is 17.9. The number of rotatable bonds is 5. The third-order valence-corrected chi connectivity index (χ3v) is 6.11. The molecule has 1 aromatic heterocycles. The summed E-state index contributed by atoms with van der Waals surface area (Å²) in [5, 5.41) is 13.9. The molecule has 3 rings (SSSR count). The van der Waals surface area contributed by atoms with Gasteiger partial charge in [-0.1, -0.05) is 6.07 Å². The molecule has 2 heterocycles. The summed E-state index contributed by atoms with van der Waals surface area (Å²) in [6, 6.07) is 6.62. The number of likely N-dealkylation sites (tertiary alicyclic amines) is 1. The van der Waals surface area contributed by atoms with Crippen molar-refractivity contribution in [2.75, 3.05) is 24.7 Å². The highest BCUT2D eigenvalue weighted by Crippen LogP contribution is 2.25. The Balaban J connectivity index is 1.79. The van der Waals surface area contributed by atoms with Crippen LogP contribution in [0, 0.1) is 23.0 Å². The summed E-state index contributed by atoms with van der Waals surface area (Å²) >= 11 is 0. The van der Waals surface area contributed by atoms with Gasteiger partial charge in [0.05, 0.1) is 15.7 Å². The first-order valence-corrected chi connectivity index (χ1v) is 11.5. The number of sulfone groups is 1. The predicted octanol–water partition coefficient (Wildman–Crippen LogP) is 2.19. The molecule has 1 aliphatic rings. The first kappa shape index (κ1) is 22.3. The number of non-ortho nitro benzene ring substituents is 1. The predicted molar refractivity (Wildman–Crippen MR) is 112 cm³/mol. The molecule has 0 saturated carbocycles. The maximum Gasteiger partial charge on any atom is 0.271 e. The van der Waals surface area contributed by atoms with Crippen molar-refractivity contribution in [1.29, 1.82) is 0 Å². The van der Waals surface area contributed by atoms with Crippen LogP contribution in [0.15, 0.2) is 41.4 Å². The smallest absolute Gasteiger partial charge is 0.271 e. The molecule has 0 aliphatic carbocycles. The van der Waals surface area contributed by atoms with Crippen molar-refractivity contribution >= 4 is 33.2 Å². The summed E-state index contributed by atoms with van der Waals surface area (Å²) < 4.78 is 23.8. The summed E-state index contributed by atoms with van der Waals surface area (Å²) in [4.78, 5) is 41.3. The van der Waals surface area contributed by atoms with Crippen molar-refractivity contribution in [3.8, 4) is 0 Å². The standard InChI is InChI=1S/C20H22N4O6S/c1-13-5-6-18(21-11-13)22-19(25)14-4-3-7-23(12-14)20(26)15-8-16(24(27)28)10-17(9-15)31(2,29)30/h5-6,8-11,14H,3-4,7,12H2,1-2H3,(H,21,22,25). The molecule has 1 fully saturated rings. The number of piperidine rings is 1.